The molecule has 0 saturated heterocycles. The summed E-state index contributed by atoms with van der Waals surface area (Å²) in [4.78, 5) is 26.3. The van der Waals surface area contributed by atoms with Gasteiger partial charge in [-0.25, -0.2) is 9.48 Å². The lowest BCUT2D eigenvalue weighted by molar-refractivity contribution is -0.142. The lowest BCUT2D eigenvalue weighted by Gasteiger charge is -2.21. The van der Waals surface area contributed by atoms with Crippen molar-refractivity contribution in [2.45, 2.75) is 38.4 Å². The number of halogens is 7. The van der Waals surface area contributed by atoms with Crippen molar-refractivity contribution >= 4 is 40.3 Å². The predicted octanol–water partition coefficient (Wildman–Crippen LogP) is 5.82. The van der Waals surface area contributed by atoms with E-state index in [9.17, 15) is 35.9 Å². The second-order valence-corrected chi connectivity index (χ2v) is 9.97. The Bertz CT molecular complexity index is 1400. The Labute approximate surface area is 232 Å². The summed E-state index contributed by atoms with van der Waals surface area (Å²) in [6.07, 6.45) is -9.55. The highest BCUT2D eigenvalue weighted by Crippen LogP contribution is 2.39. The number of alkyl halides is 6. The molecule has 0 aliphatic carbocycles. The molecule has 14 heteroatoms. The molecule has 2 heterocycles. The molecule has 0 radical (unpaired) electrons. The van der Waals surface area contributed by atoms with Crippen LogP contribution in [0, 0.1) is 3.57 Å². The molecule has 2 aromatic carbocycles. The van der Waals surface area contributed by atoms with Crippen molar-refractivity contribution in [2.24, 2.45) is 0 Å². The highest BCUT2D eigenvalue weighted by Gasteiger charge is 2.44. The van der Waals surface area contributed by atoms with Gasteiger partial charge >= 0.3 is 18.3 Å². The van der Waals surface area contributed by atoms with Crippen LogP contribution in [0.1, 0.15) is 56.1 Å². The standard InChI is InChI=1S/C25H21F6IN4O3/c1-13(15-4-6-16(7-5-15)23(38)39-2)33-21(37)19-20(25(29,30)31)34-36-10-9-35(22(19)36)12-14-3-8-18(32)17(11-14)24(26,27)28/h3-8,11,13H,9-10,12H2,1-2H3,(H,33,37). The first-order chi connectivity index (χ1) is 18.2. The van der Waals surface area contributed by atoms with Crippen molar-refractivity contribution in [3.8, 4) is 0 Å². The molecule has 39 heavy (non-hydrogen) atoms. The Morgan fingerprint density at radius 1 is 1.05 bits per heavy atom. The number of anilines is 1. The van der Waals surface area contributed by atoms with Crippen LogP contribution in [-0.2, 0) is 30.2 Å². The average Bonchev–Trinajstić information content (AvgIpc) is 3.44. The van der Waals surface area contributed by atoms with Crippen LogP contribution in [0.25, 0.3) is 0 Å². The summed E-state index contributed by atoms with van der Waals surface area (Å²) < 4.78 is 87.6. The second kappa shape index (κ2) is 10.7. The molecule has 4 rings (SSSR count). The molecule has 208 valence electrons. The number of hydrogen-bond acceptors (Lipinski definition) is 5. The fraction of sp³-hybridized carbons (Fsp3) is 0.320. The van der Waals surface area contributed by atoms with Gasteiger partial charge in [0.25, 0.3) is 5.91 Å². The third kappa shape index (κ3) is 5.99. The number of aromatic nitrogens is 2. The number of carbonyl (C=O) groups is 2. The predicted molar refractivity (Wildman–Crippen MR) is 136 cm³/mol. The highest BCUT2D eigenvalue weighted by molar-refractivity contribution is 14.1. The smallest absolute Gasteiger partial charge is 0.436 e. The van der Waals surface area contributed by atoms with Crippen molar-refractivity contribution in [1.29, 1.82) is 0 Å². The first-order valence-electron chi connectivity index (χ1n) is 11.5. The number of nitrogens with zero attached hydrogens (tertiary/aromatic N) is 3. The maximum absolute atomic E-state index is 13.9. The first kappa shape index (κ1) is 28.7. The molecule has 1 aliphatic heterocycles. The van der Waals surface area contributed by atoms with Gasteiger partial charge in [-0.2, -0.15) is 31.4 Å². The minimum absolute atomic E-state index is 0.0108. The van der Waals surface area contributed by atoms with E-state index < -0.39 is 47.1 Å². The number of fused-ring (bicyclic) bond motifs is 1. The van der Waals surface area contributed by atoms with E-state index in [-0.39, 0.29) is 40.1 Å². The third-order valence-electron chi connectivity index (χ3n) is 6.19. The van der Waals surface area contributed by atoms with Gasteiger partial charge in [0, 0.05) is 16.7 Å². The largest absolute Gasteiger partial charge is 0.465 e. The topological polar surface area (TPSA) is 76.5 Å². The van der Waals surface area contributed by atoms with Crippen LogP contribution in [0.15, 0.2) is 42.5 Å². The zero-order valence-corrected chi connectivity index (χ0v) is 22.6. The number of methoxy groups -OCH3 is 1. The number of nitrogens with one attached hydrogen (secondary N) is 1. The maximum Gasteiger partial charge on any atom is 0.436 e. The van der Waals surface area contributed by atoms with Gasteiger partial charge in [0.05, 0.1) is 30.8 Å². The zero-order valence-electron chi connectivity index (χ0n) is 20.5. The molecule has 0 saturated carbocycles. The number of carbonyl (C=O) groups excluding carboxylic acids is 2. The first-order valence-corrected chi connectivity index (χ1v) is 12.6. The quantitative estimate of drug-likeness (QED) is 0.204. The molecule has 1 aromatic heterocycles. The number of esters is 1. The second-order valence-electron chi connectivity index (χ2n) is 8.81. The summed E-state index contributed by atoms with van der Waals surface area (Å²) in [6.45, 7) is 1.57. The number of benzene rings is 2. The summed E-state index contributed by atoms with van der Waals surface area (Å²) >= 11 is 1.57. The summed E-state index contributed by atoms with van der Waals surface area (Å²) in [5.74, 6) is -1.74. The Hall–Kier alpha value is -3.30. The normalized spacial score (nSPS) is 14.2. The molecule has 1 aliphatic rings. The van der Waals surface area contributed by atoms with Gasteiger partial charge in [0.2, 0.25) is 0 Å². The lowest BCUT2D eigenvalue weighted by Crippen LogP contribution is -2.31. The number of amides is 1. The molecule has 3 aromatic rings. The van der Waals surface area contributed by atoms with Crippen LogP contribution in [0.5, 0.6) is 0 Å². The Morgan fingerprint density at radius 3 is 2.31 bits per heavy atom. The van der Waals surface area contributed by atoms with Crippen LogP contribution in [-0.4, -0.2) is 35.3 Å². The van der Waals surface area contributed by atoms with Gasteiger partial charge in [-0.05, 0) is 64.9 Å². The van der Waals surface area contributed by atoms with Crippen molar-refractivity contribution < 1.29 is 40.7 Å². The molecule has 0 bridgehead atoms. The van der Waals surface area contributed by atoms with Crippen LogP contribution in [0.2, 0.25) is 0 Å². The van der Waals surface area contributed by atoms with E-state index in [1.165, 1.54) is 48.4 Å². The third-order valence-corrected chi connectivity index (χ3v) is 7.13. The molecular formula is C25H21F6IN4O3. The van der Waals surface area contributed by atoms with E-state index in [0.29, 0.717) is 5.56 Å². The van der Waals surface area contributed by atoms with E-state index in [1.807, 2.05) is 0 Å². The molecule has 0 fully saturated rings. The maximum atomic E-state index is 13.9. The van der Waals surface area contributed by atoms with E-state index in [4.69, 9.17) is 0 Å². The van der Waals surface area contributed by atoms with Crippen LogP contribution in [0.3, 0.4) is 0 Å². The van der Waals surface area contributed by atoms with Gasteiger partial charge in [-0.15, -0.1) is 0 Å². The van der Waals surface area contributed by atoms with Gasteiger partial charge in [-0.1, -0.05) is 18.2 Å². The summed E-state index contributed by atoms with van der Waals surface area (Å²) in [7, 11) is 1.22. The van der Waals surface area contributed by atoms with Crippen LogP contribution >= 0.6 is 22.6 Å². The SMILES string of the molecule is COC(=O)c1ccc(C(C)NC(=O)c2c(C(F)(F)F)nn3c2N(Cc2ccc(I)c(C(F)(F)F)c2)CC3)cc1. The Balaban J connectivity index is 1.65. The van der Waals surface area contributed by atoms with Gasteiger partial charge in [0.15, 0.2) is 5.69 Å². The van der Waals surface area contributed by atoms with Crippen LogP contribution < -0.4 is 10.2 Å². The summed E-state index contributed by atoms with van der Waals surface area (Å²) in [5.41, 5.74) is -1.95. The van der Waals surface area contributed by atoms with Crippen molar-refractivity contribution in [1.82, 2.24) is 15.1 Å². The summed E-state index contributed by atoms with van der Waals surface area (Å²) in [6, 6.07) is 8.93. The number of hydrogen-bond donors (Lipinski definition) is 1. The molecule has 7 nitrogen and oxygen atoms in total. The molecule has 1 atom stereocenters. The van der Waals surface area contributed by atoms with Gasteiger partial charge in [0.1, 0.15) is 11.4 Å². The molecular weight excluding hydrogens is 645 g/mol. The van der Waals surface area contributed by atoms with E-state index in [0.717, 1.165) is 10.7 Å². The Morgan fingerprint density at radius 2 is 1.72 bits per heavy atom. The van der Waals surface area contributed by atoms with E-state index >= 15 is 0 Å². The van der Waals surface area contributed by atoms with E-state index in [1.54, 1.807) is 29.5 Å². The fourth-order valence-electron chi connectivity index (χ4n) is 4.30. The fourth-order valence-corrected chi connectivity index (χ4v) is 4.94. The van der Waals surface area contributed by atoms with Gasteiger partial charge < -0.3 is 15.0 Å². The number of rotatable bonds is 6. The molecule has 0 spiro atoms. The average molecular weight is 666 g/mol. The van der Waals surface area contributed by atoms with Gasteiger partial charge in [-0.3, -0.25) is 4.79 Å². The minimum Gasteiger partial charge on any atom is -0.465 e. The van der Waals surface area contributed by atoms with Crippen molar-refractivity contribution in [2.75, 3.05) is 18.6 Å². The summed E-state index contributed by atoms with van der Waals surface area (Å²) in [5, 5.41) is 6.16. The monoisotopic (exact) mass is 666 g/mol. The Kier molecular flexibility index (Phi) is 7.87. The lowest BCUT2D eigenvalue weighted by atomic mass is 10.1. The zero-order chi connectivity index (χ0) is 28.7. The number of ether oxygens (including phenoxy) is 1. The highest BCUT2D eigenvalue weighted by atomic mass is 127. The van der Waals surface area contributed by atoms with Crippen LogP contribution in [0.4, 0.5) is 32.2 Å². The van der Waals surface area contributed by atoms with Crippen molar-refractivity contribution in [3.63, 3.8) is 0 Å². The molecule has 1 N–H and O–H groups in total. The van der Waals surface area contributed by atoms with E-state index in [2.05, 4.69) is 15.2 Å². The van der Waals surface area contributed by atoms with Crippen molar-refractivity contribution in [3.05, 3.63) is 79.5 Å². The molecule has 1 unspecified atom stereocenters. The molecule has 1 amide bonds. The minimum atomic E-state index is -4.95.